The molecule has 9 nitrogen and oxygen atoms in total. The lowest BCUT2D eigenvalue weighted by Crippen LogP contribution is -2.51. The van der Waals surface area contributed by atoms with Gasteiger partial charge < -0.3 is 20.3 Å². The van der Waals surface area contributed by atoms with Gasteiger partial charge in [0.05, 0.1) is 0 Å². The first kappa shape index (κ1) is 41.7. The molecule has 0 bridgehead atoms. The molecule has 6 rings (SSSR count). The predicted molar refractivity (Wildman–Crippen MR) is 209 cm³/mol. The molecule has 0 radical (unpaired) electrons. The van der Waals surface area contributed by atoms with Crippen molar-refractivity contribution in [2.45, 2.75) is 121 Å². The number of fused-ring (bicyclic) bond motifs is 2. The van der Waals surface area contributed by atoms with Crippen molar-refractivity contribution < 1.29 is 41.5 Å². The maximum Gasteiger partial charge on any atom is 0.418 e. The quantitative estimate of drug-likeness (QED) is 0.104. The van der Waals surface area contributed by atoms with Crippen molar-refractivity contribution in [3.05, 3.63) is 94.8 Å². The van der Waals surface area contributed by atoms with E-state index in [0.29, 0.717) is 34.7 Å². The third-order valence-corrected chi connectivity index (χ3v) is 11.6. The molecule has 13 heteroatoms. The van der Waals surface area contributed by atoms with Gasteiger partial charge in [0, 0.05) is 42.9 Å². The predicted octanol–water partition coefficient (Wildman–Crippen LogP) is 9.44. The lowest BCUT2D eigenvalue weighted by atomic mass is 9.85. The minimum atomic E-state index is -4.79. The molecule has 0 unspecified atom stereocenters. The molecule has 306 valence electrons. The van der Waals surface area contributed by atoms with Crippen LogP contribution in [-0.4, -0.2) is 58.9 Å². The lowest BCUT2D eigenvalue weighted by molar-refractivity contribution is -0.187. The van der Waals surface area contributed by atoms with Crippen LogP contribution in [0.2, 0.25) is 0 Å². The van der Waals surface area contributed by atoms with Crippen molar-refractivity contribution in [1.82, 2.24) is 9.80 Å². The zero-order chi connectivity index (χ0) is 40.6. The normalized spacial score (nSPS) is 18.7. The van der Waals surface area contributed by atoms with E-state index < -0.39 is 54.6 Å². The van der Waals surface area contributed by atoms with Crippen LogP contribution in [0.5, 0.6) is 0 Å². The standard InChI is InChI=1S/C44H52F4N4O5/c1-30(44(46,47)48)51(28-33-14-18-35(45)19-15-33)40(54)29-52-41(55)43(57-42(52)56)25-24-34-27-37(22-23-38(34)43)49-26-8-12-32-16-20-36(21-17-32)50-39(53)13-7-3-6-11-31-9-4-2-5-10-31/h14-23,27,30-31,49H,2-13,24-26,28-29H2,1H3,(H,50,53)/t30-,43+/m0/s1. The maximum atomic E-state index is 13.8. The third-order valence-electron chi connectivity index (χ3n) is 11.6. The first-order valence-corrected chi connectivity index (χ1v) is 20.2. The Kier molecular flexibility index (Phi) is 13.6. The first-order valence-electron chi connectivity index (χ1n) is 20.2. The molecule has 57 heavy (non-hydrogen) atoms. The number of rotatable bonds is 17. The molecule has 1 heterocycles. The van der Waals surface area contributed by atoms with E-state index in [-0.39, 0.29) is 17.9 Å². The summed E-state index contributed by atoms with van der Waals surface area (Å²) in [5.41, 5.74) is 2.61. The summed E-state index contributed by atoms with van der Waals surface area (Å²) in [6, 6.07) is 15.7. The highest BCUT2D eigenvalue weighted by Gasteiger charge is 2.58. The highest BCUT2D eigenvalue weighted by Crippen LogP contribution is 2.46. The SMILES string of the molecule is C[C@H](N(Cc1ccc(F)cc1)C(=O)CN1C(=O)O[C@@]2(CCc3cc(NCCCc4ccc(NC(=O)CCCCCC5CCCCC5)cc4)ccc32)C1=O)C(F)(F)F. The van der Waals surface area contributed by atoms with Crippen LogP contribution in [0.4, 0.5) is 33.7 Å². The van der Waals surface area contributed by atoms with Crippen LogP contribution < -0.4 is 10.6 Å². The minimum Gasteiger partial charge on any atom is -0.427 e. The second-order valence-corrected chi connectivity index (χ2v) is 15.7. The number of aryl methyl sites for hydroxylation is 2. The molecule has 4 amide bonds. The Balaban J connectivity index is 0.957. The number of hydrogen-bond donors (Lipinski definition) is 2. The Morgan fingerprint density at radius 1 is 0.912 bits per heavy atom. The molecule has 3 aromatic carbocycles. The van der Waals surface area contributed by atoms with E-state index in [9.17, 15) is 36.7 Å². The third kappa shape index (κ3) is 10.5. The largest absolute Gasteiger partial charge is 0.427 e. The van der Waals surface area contributed by atoms with Crippen molar-refractivity contribution in [1.29, 1.82) is 0 Å². The van der Waals surface area contributed by atoms with Gasteiger partial charge in [-0.05, 0) is 91.6 Å². The fourth-order valence-corrected chi connectivity index (χ4v) is 8.27. The molecule has 1 aliphatic heterocycles. The Bertz CT molecular complexity index is 1880. The van der Waals surface area contributed by atoms with Gasteiger partial charge in [-0.2, -0.15) is 13.2 Å². The number of imide groups is 1. The molecular weight excluding hydrogens is 740 g/mol. The average Bonchev–Trinajstić information content (AvgIpc) is 3.67. The van der Waals surface area contributed by atoms with Gasteiger partial charge in [0.15, 0.2) is 0 Å². The molecule has 1 spiro atoms. The summed E-state index contributed by atoms with van der Waals surface area (Å²) in [6.45, 7) is 0.0321. The highest BCUT2D eigenvalue weighted by atomic mass is 19.4. The summed E-state index contributed by atoms with van der Waals surface area (Å²) in [5.74, 6) is -1.55. The number of benzene rings is 3. The number of ether oxygens (including phenoxy) is 1. The Labute approximate surface area is 331 Å². The fourth-order valence-electron chi connectivity index (χ4n) is 8.27. The van der Waals surface area contributed by atoms with E-state index in [1.807, 2.05) is 30.3 Å². The number of carbonyl (C=O) groups excluding carboxylic acids is 4. The molecule has 0 aromatic heterocycles. The van der Waals surface area contributed by atoms with E-state index in [0.717, 1.165) is 73.2 Å². The van der Waals surface area contributed by atoms with E-state index in [2.05, 4.69) is 10.6 Å². The second kappa shape index (κ2) is 18.5. The summed E-state index contributed by atoms with van der Waals surface area (Å²) >= 11 is 0. The Morgan fingerprint density at radius 2 is 1.61 bits per heavy atom. The summed E-state index contributed by atoms with van der Waals surface area (Å²) in [4.78, 5) is 53.6. The summed E-state index contributed by atoms with van der Waals surface area (Å²) in [7, 11) is 0. The van der Waals surface area contributed by atoms with Crippen LogP contribution >= 0.6 is 0 Å². The molecule has 2 aliphatic carbocycles. The molecule has 2 atom stereocenters. The van der Waals surface area contributed by atoms with Crippen molar-refractivity contribution in [2.75, 3.05) is 23.7 Å². The van der Waals surface area contributed by atoms with Gasteiger partial charge in [-0.1, -0.05) is 81.7 Å². The van der Waals surface area contributed by atoms with Gasteiger partial charge in [-0.3, -0.25) is 14.4 Å². The van der Waals surface area contributed by atoms with Crippen LogP contribution in [-0.2, 0) is 44.1 Å². The minimum absolute atomic E-state index is 0.0496. The summed E-state index contributed by atoms with van der Waals surface area (Å²) in [6.07, 6.45) is 8.22. The number of halogens is 4. The van der Waals surface area contributed by atoms with Gasteiger partial charge >= 0.3 is 12.3 Å². The number of alkyl halides is 3. The number of hydrogen-bond acceptors (Lipinski definition) is 6. The first-order chi connectivity index (χ1) is 27.3. The van der Waals surface area contributed by atoms with Crippen LogP contribution in [0.15, 0.2) is 66.7 Å². The van der Waals surface area contributed by atoms with Crippen LogP contribution in [0, 0.1) is 11.7 Å². The Morgan fingerprint density at radius 3 is 2.33 bits per heavy atom. The highest BCUT2D eigenvalue weighted by molar-refractivity contribution is 6.06. The molecule has 2 N–H and O–H groups in total. The zero-order valence-corrected chi connectivity index (χ0v) is 32.5. The van der Waals surface area contributed by atoms with Gasteiger partial charge in [-0.15, -0.1) is 0 Å². The zero-order valence-electron chi connectivity index (χ0n) is 32.5. The number of carbonyl (C=O) groups is 4. The topological polar surface area (TPSA) is 108 Å². The number of nitrogens with zero attached hydrogens (tertiary/aromatic N) is 2. The molecular formula is C44H52F4N4O5. The maximum absolute atomic E-state index is 13.8. The van der Waals surface area contributed by atoms with Gasteiger partial charge in [-0.25, -0.2) is 14.1 Å². The summed E-state index contributed by atoms with van der Waals surface area (Å²) < 4.78 is 60.4. The Hall–Kier alpha value is -4.94. The molecule has 1 saturated carbocycles. The monoisotopic (exact) mass is 792 g/mol. The van der Waals surface area contributed by atoms with E-state index >= 15 is 0 Å². The van der Waals surface area contributed by atoms with E-state index in [1.54, 1.807) is 12.1 Å². The van der Waals surface area contributed by atoms with Crippen molar-refractivity contribution in [2.24, 2.45) is 5.92 Å². The van der Waals surface area contributed by atoms with Crippen LogP contribution in [0.3, 0.4) is 0 Å². The number of amides is 4. The van der Waals surface area contributed by atoms with Crippen LogP contribution in [0.25, 0.3) is 0 Å². The molecule has 1 saturated heterocycles. The van der Waals surface area contributed by atoms with Crippen molar-refractivity contribution >= 4 is 35.2 Å². The molecule has 3 aliphatic rings. The fraction of sp³-hybridized carbons (Fsp3) is 0.500. The smallest absolute Gasteiger partial charge is 0.418 e. The average molecular weight is 793 g/mol. The van der Waals surface area contributed by atoms with Crippen molar-refractivity contribution in [3.63, 3.8) is 0 Å². The van der Waals surface area contributed by atoms with E-state index in [1.165, 1.54) is 57.1 Å². The van der Waals surface area contributed by atoms with Crippen molar-refractivity contribution in [3.8, 4) is 0 Å². The van der Waals surface area contributed by atoms with Gasteiger partial charge in [0.2, 0.25) is 17.4 Å². The lowest BCUT2D eigenvalue weighted by Gasteiger charge is -2.31. The van der Waals surface area contributed by atoms with Gasteiger partial charge in [0.25, 0.3) is 5.91 Å². The van der Waals surface area contributed by atoms with E-state index in [4.69, 9.17) is 4.74 Å². The van der Waals surface area contributed by atoms with Gasteiger partial charge in [0.1, 0.15) is 18.4 Å². The van der Waals surface area contributed by atoms with Crippen LogP contribution in [0.1, 0.15) is 106 Å². The summed E-state index contributed by atoms with van der Waals surface area (Å²) in [5, 5.41) is 6.41. The molecule has 3 aromatic rings. The number of anilines is 2. The second-order valence-electron chi connectivity index (χ2n) is 15.7. The number of unbranched alkanes of at least 4 members (excludes halogenated alkanes) is 2. The molecule has 2 fully saturated rings. The number of nitrogens with one attached hydrogen (secondary N) is 2.